The van der Waals surface area contributed by atoms with Gasteiger partial charge in [0.1, 0.15) is 0 Å². The molecule has 1 aliphatic heterocycles. The predicted molar refractivity (Wildman–Crippen MR) is 72.3 cm³/mol. The lowest BCUT2D eigenvalue weighted by Gasteiger charge is -2.32. The van der Waals surface area contributed by atoms with Crippen LogP contribution in [0.4, 0.5) is 0 Å². The monoisotopic (exact) mass is 275 g/mol. The molecule has 0 bridgehead atoms. The smallest absolute Gasteiger partial charge is 0.279 e. The van der Waals surface area contributed by atoms with Crippen molar-refractivity contribution in [1.29, 1.82) is 0 Å². The molecule has 6 heteroatoms. The Morgan fingerprint density at radius 1 is 1.06 bits per heavy atom. The third kappa shape index (κ3) is 3.66. The standard InChI is InChI=1S/C12H25N3O2S/c1-10-6-8-15(9-7-10)18(16,17)14-12-4-2-11(13)3-5-12/h10-12,14H,2-9,13H2,1H3. The normalized spacial score (nSPS) is 32.6. The number of rotatable bonds is 3. The van der Waals surface area contributed by atoms with Gasteiger partial charge in [0.2, 0.25) is 0 Å². The van der Waals surface area contributed by atoms with Crippen LogP contribution in [0, 0.1) is 5.92 Å². The van der Waals surface area contributed by atoms with Crippen LogP contribution >= 0.6 is 0 Å². The lowest BCUT2D eigenvalue weighted by Crippen LogP contribution is -2.49. The summed E-state index contributed by atoms with van der Waals surface area (Å²) in [5, 5.41) is 0. The van der Waals surface area contributed by atoms with Crippen LogP contribution < -0.4 is 10.5 Å². The first kappa shape index (κ1) is 14.2. The Bertz CT molecular complexity index is 356. The lowest BCUT2D eigenvalue weighted by molar-refractivity contribution is 0.279. The van der Waals surface area contributed by atoms with Gasteiger partial charge in [-0.3, -0.25) is 0 Å². The van der Waals surface area contributed by atoms with Gasteiger partial charge in [-0.25, -0.2) is 0 Å². The molecule has 0 unspecified atom stereocenters. The van der Waals surface area contributed by atoms with E-state index in [0.29, 0.717) is 19.0 Å². The van der Waals surface area contributed by atoms with Crippen molar-refractivity contribution in [3.8, 4) is 0 Å². The summed E-state index contributed by atoms with van der Waals surface area (Å²) < 4.78 is 28.9. The second-order valence-corrected chi connectivity index (χ2v) is 7.52. The maximum Gasteiger partial charge on any atom is 0.279 e. The van der Waals surface area contributed by atoms with Gasteiger partial charge >= 0.3 is 0 Å². The first-order chi connectivity index (χ1) is 8.47. The molecule has 0 spiro atoms. The van der Waals surface area contributed by atoms with E-state index in [0.717, 1.165) is 38.5 Å². The van der Waals surface area contributed by atoms with Crippen molar-refractivity contribution in [2.45, 2.75) is 57.5 Å². The summed E-state index contributed by atoms with van der Waals surface area (Å²) >= 11 is 0. The Hall–Kier alpha value is -0.170. The van der Waals surface area contributed by atoms with E-state index in [1.54, 1.807) is 4.31 Å². The fraction of sp³-hybridized carbons (Fsp3) is 1.00. The summed E-state index contributed by atoms with van der Waals surface area (Å²) in [5.74, 6) is 0.643. The fourth-order valence-electron chi connectivity index (χ4n) is 2.75. The summed E-state index contributed by atoms with van der Waals surface area (Å²) in [6, 6.07) is 0.329. The molecule has 0 radical (unpaired) electrons. The van der Waals surface area contributed by atoms with Gasteiger partial charge in [0.05, 0.1) is 0 Å². The predicted octanol–water partition coefficient (Wildman–Crippen LogP) is 0.823. The van der Waals surface area contributed by atoms with Gasteiger partial charge in [0.25, 0.3) is 10.2 Å². The van der Waals surface area contributed by atoms with Gasteiger partial charge in [0.15, 0.2) is 0 Å². The number of piperidine rings is 1. The molecule has 18 heavy (non-hydrogen) atoms. The van der Waals surface area contributed by atoms with Crippen molar-refractivity contribution >= 4 is 10.2 Å². The first-order valence-electron chi connectivity index (χ1n) is 7.00. The fourth-order valence-corrected chi connectivity index (χ4v) is 4.25. The van der Waals surface area contributed by atoms with Crippen molar-refractivity contribution in [2.75, 3.05) is 13.1 Å². The first-order valence-corrected chi connectivity index (χ1v) is 8.44. The van der Waals surface area contributed by atoms with Gasteiger partial charge in [-0.15, -0.1) is 0 Å². The van der Waals surface area contributed by atoms with Crippen LogP contribution in [0.15, 0.2) is 0 Å². The van der Waals surface area contributed by atoms with Crippen molar-refractivity contribution in [3.05, 3.63) is 0 Å². The van der Waals surface area contributed by atoms with Crippen LogP contribution in [0.25, 0.3) is 0 Å². The molecule has 106 valence electrons. The SMILES string of the molecule is CC1CCN(S(=O)(=O)NC2CCC(N)CC2)CC1. The van der Waals surface area contributed by atoms with Crippen LogP contribution in [-0.2, 0) is 10.2 Å². The summed E-state index contributed by atoms with van der Waals surface area (Å²) in [6.07, 6.45) is 5.51. The number of nitrogens with one attached hydrogen (secondary N) is 1. The van der Waals surface area contributed by atoms with Crippen molar-refractivity contribution in [2.24, 2.45) is 11.7 Å². The Morgan fingerprint density at radius 3 is 2.17 bits per heavy atom. The lowest BCUT2D eigenvalue weighted by atomic mass is 9.93. The molecule has 5 nitrogen and oxygen atoms in total. The summed E-state index contributed by atoms with van der Waals surface area (Å²) in [7, 11) is -3.28. The highest BCUT2D eigenvalue weighted by molar-refractivity contribution is 7.87. The summed E-state index contributed by atoms with van der Waals surface area (Å²) in [4.78, 5) is 0. The number of hydrogen-bond acceptors (Lipinski definition) is 3. The molecule has 2 fully saturated rings. The van der Waals surface area contributed by atoms with Crippen LogP contribution in [-0.4, -0.2) is 37.9 Å². The topological polar surface area (TPSA) is 75.4 Å². The van der Waals surface area contributed by atoms with Crippen molar-refractivity contribution in [3.63, 3.8) is 0 Å². The molecule has 2 rings (SSSR count). The van der Waals surface area contributed by atoms with E-state index >= 15 is 0 Å². The molecule has 1 heterocycles. The van der Waals surface area contributed by atoms with Crippen LogP contribution in [0.3, 0.4) is 0 Å². The molecule has 3 N–H and O–H groups in total. The number of nitrogens with two attached hydrogens (primary N) is 1. The van der Waals surface area contributed by atoms with E-state index in [2.05, 4.69) is 11.6 Å². The number of nitrogens with zero attached hydrogens (tertiary/aromatic N) is 1. The van der Waals surface area contributed by atoms with E-state index in [4.69, 9.17) is 5.73 Å². The largest absolute Gasteiger partial charge is 0.328 e. The molecule has 1 saturated heterocycles. The molecular weight excluding hydrogens is 250 g/mol. The molecule has 0 aromatic heterocycles. The minimum absolute atomic E-state index is 0.0779. The molecule has 0 amide bonds. The minimum atomic E-state index is -3.28. The highest BCUT2D eigenvalue weighted by Crippen LogP contribution is 2.21. The van der Waals surface area contributed by atoms with Gasteiger partial charge in [0, 0.05) is 25.2 Å². The quantitative estimate of drug-likeness (QED) is 0.801. The van der Waals surface area contributed by atoms with Crippen molar-refractivity contribution < 1.29 is 8.42 Å². The third-order valence-electron chi connectivity index (χ3n) is 4.17. The van der Waals surface area contributed by atoms with Crippen LogP contribution in [0.5, 0.6) is 0 Å². The maximum absolute atomic E-state index is 12.2. The third-order valence-corrected chi connectivity index (χ3v) is 5.85. The average molecular weight is 275 g/mol. The van der Waals surface area contributed by atoms with E-state index < -0.39 is 10.2 Å². The Morgan fingerprint density at radius 2 is 1.61 bits per heavy atom. The van der Waals surface area contributed by atoms with E-state index in [9.17, 15) is 8.42 Å². The zero-order chi connectivity index (χ0) is 13.2. The van der Waals surface area contributed by atoms with Crippen LogP contribution in [0.1, 0.15) is 45.4 Å². The molecular formula is C12H25N3O2S. The molecule has 0 aromatic carbocycles. The van der Waals surface area contributed by atoms with Crippen molar-refractivity contribution in [1.82, 2.24) is 9.03 Å². The molecule has 1 aliphatic carbocycles. The number of hydrogen-bond donors (Lipinski definition) is 2. The second kappa shape index (κ2) is 5.86. The average Bonchev–Trinajstić information content (AvgIpc) is 2.32. The summed E-state index contributed by atoms with van der Waals surface area (Å²) in [5.41, 5.74) is 5.83. The van der Waals surface area contributed by atoms with E-state index in [-0.39, 0.29) is 12.1 Å². The van der Waals surface area contributed by atoms with E-state index in [1.807, 2.05) is 0 Å². The van der Waals surface area contributed by atoms with Gasteiger partial charge in [-0.2, -0.15) is 17.4 Å². The zero-order valence-electron chi connectivity index (χ0n) is 11.1. The molecule has 2 aliphatic rings. The summed E-state index contributed by atoms with van der Waals surface area (Å²) in [6.45, 7) is 3.49. The Balaban J connectivity index is 1.87. The highest BCUT2D eigenvalue weighted by atomic mass is 32.2. The molecule has 0 aromatic rings. The Labute approximate surface area is 110 Å². The van der Waals surface area contributed by atoms with Gasteiger partial charge < -0.3 is 5.73 Å². The van der Waals surface area contributed by atoms with E-state index in [1.165, 1.54) is 0 Å². The second-order valence-electron chi connectivity index (χ2n) is 5.82. The highest BCUT2D eigenvalue weighted by Gasteiger charge is 2.29. The van der Waals surface area contributed by atoms with Gasteiger partial charge in [-0.05, 0) is 44.4 Å². The Kier molecular flexibility index (Phi) is 4.64. The molecule has 1 saturated carbocycles. The zero-order valence-corrected chi connectivity index (χ0v) is 12.0. The van der Waals surface area contributed by atoms with Gasteiger partial charge in [-0.1, -0.05) is 6.92 Å². The maximum atomic E-state index is 12.2. The molecule has 0 atom stereocenters. The van der Waals surface area contributed by atoms with Crippen LogP contribution in [0.2, 0.25) is 0 Å². The minimum Gasteiger partial charge on any atom is -0.328 e.